The predicted octanol–water partition coefficient (Wildman–Crippen LogP) is 11.0. The highest BCUT2D eigenvalue weighted by atomic mass is 16.3. The van der Waals surface area contributed by atoms with E-state index in [9.17, 15) is 1.37 Å². The molecule has 5 aromatic carbocycles. The maximum atomic E-state index is 9.25. The van der Waals surface area contributed by atoms with Crippen molar-refractivity contribution in [3.8, 4) is 11.1 Å². The molecule has 0 radical (unpaired) electrons. The lowest BCUT2D eigenvalue weighted by Gasteiger charge is -2.25. The minimum Gasteiger partial charge on any atom is -0.456 e. The molecule has 0 bridgehead atoms. The van der Waals surface area contributed by atoms with Crippen LogP contribution >= 0.6 is 0 Å². The Balaban J connectivity index is 1.71. The van der Waals surface area contributed by atoms with Crippen molar-refractivity contribution in [2.24, 2.45) is 0 Å². The van der Waals surface area contributed by atoms with Crippen LogP contribution < -0.4 is 0 Å². The highest BCUT2D eigenvalue weighted by Crippen LogP contribution is 2.47. The van der Waals surface area contributed by atoms with Crippen LogP contribution in [0.25, 0.3) is 67.1 Å². The lowest BCUT2D eigenvalue weighted by molar-refractivity contribution is 0.669. The molecule has 0 atom stereocenters. The van der Waals surface area contributed by atoms with Crippen molar-refractivity contribution in [3.05, 3.63) is 144 Å². The molecule has 1 nitrogen and oxygen atoms in total. The summed E-state index contributed by atoms with van der Waals surface area (Å²) in [6.45, 7) is 8.25. The SMILES string of the molecule is [2H]c1c([2H])c([2H])c(C2=C(c3c(C=C)c(C=C)c(-c4c([2H])c([2H])c([2H])c5oc6c([2H])c([2H])c([2H])c([2H])c6c45)c4ccccc34)CCC=C2)c([2H])c1[2H]. The van der Waals surface area contributed by atoms with Gasteiger partial charge in [0.05, 0.1) is 16.4 Å². The Morgan fingerprint density at radius 1 is 0.718 bits per heavy atom. The van der Waals surface area contributed by atoms with Gasteiger partial charge in [-0.2, -0.15) is 0 Å². The van der Waals surface area contributed by atoms with Crippen LogP contribution in [0.2, 0.25) is 0 Å². The van der Waals surface area contributed by atoms with E-state index in [2.05, 4.69) is 13.2 Å². The topological polar surface area (TPSA) is 13.1 Å². The third-order valence-corrected chi connectivity index (χ3v) is 7.14. The highest BCUT2D eigenvalue weighted by molar-refractivity contribution is 6.19. The van der Waals surface area contributed by atoms with E-state index < -0.39 is 54.4 Å². The first kappa shape index (κ1) is 13.8. The van der Waals surface area contributed by atoms with E-state index in [1.165, 1.54) is 0 Å². The van der Waals surface area contributed by atoms with E-state index in [-0.39, 0.29) is 51.2 Å². The summed E-state index contributed by atoms with van der Waals surface area (Å²) in [4.78, 5) is 0. The van der Waals surface area contributed by atoms with E-state index in [0.29, 0.717) is 57.0 Å². The average Bonchev–Trinajstić information content (AvgIpc) is 3.54. The molecule has 1 heteroatoms. The lowest BCUT2D eigenvalue weighted by Crippen LogP contribution is -2.02. The fraction of sp³-hybridized carbons (Fsp3) is 0.0526. The van der Waals surface area contributed by atoms with E-state index in [1.807, 2.05) is 24.3 Å². The van der Waals surface area contributed by atoms with Crippen LogP contribution in [-0.4, -0.2) is 0 Å². The van der Waals surface area contributed by atoms with Gasteiger partial charge in [-0.1, -0.05) is 122 Å². The fourth-order valence-corrected chi connectivity index (χ4v) is 5.59. The van der Waals surface area contributed by atoms with Crippen molar-refractivity contribution in [3.63, 3.8) is 0 Å². The van der Waals surface area contributed by atoms with E-state index in [0.717, 1.165) is 0 Å². The Hall–Kier alpha value is -4.88. The fourth-order valence-electron chi connectivity index (χ4n) is 5.59. The summed E-state index contributed by atoms with van der Waals surface area (Å²) >= 11 is 0. The molecule has 1 heterocycles. The van der Waals surface area contributed by atoms with Gasteiger partial charge in [-0.05, 0) is 80.2 Å². The van der Waals surface area contributed by atoms with Crippen molar-refractivity contribution in [1.29, 1.82) is 0 Å². The Kier molecular flexibility index (Phi) is 3.34. The van der Waals surface area contributed by atoms with Gasteiger partial charge in [-0.15, -0.1) is 0 Å². The van der Waals surface area contributed by atoms with Crippen LogP contribution in [-0.2, 0) is 0 Å². The van der Waals surface area contributed by atoms with E-state index in [4.69, 9.17) is 19.5 Å². The minimum absolute atomic E-state index is 0.0140. The van der Waals surface area contributed by atoms with Crippen molar-refractivity contribution >= 4 is 56.0 Å². The molecule has 0 spiro atoms. The first-order valence-corrected chi connectivity index (χ1v) is 12.5. The second-order valence-electron chi connectivity index (χ2n) is 9.12. The molecule has 7 rings (SSSR count). The standard InChI is InChI=1S/C38H28O/c1-3-26-27(4-2)37(33-22-14-24-35-38(33)32-21-12-13-23-34(32)39-35)31-20-11-10-19-30(31)36(26)29-18-9-8-17-28(29)25-15-6-5-7-16-25/h3-8,10-17,19-24H,1-2,9,18H2/i5D,6D,7D,12D,13D,14D,15D,16D,21D,22D,23D,24D. The molecule has 0 unspecified atom stereocenters. The molecule has 0 N–H and O–H groups in total. The second-order valence-corrected chi connectivity index (χ2v) is 9.12. The molecular formula is C38H28O. The van der Waals surface area contributed by atoms with Crippen LogP contribution in [0.1, 0.15) is 51.5 Å². The number of benzene rings is 5. The molecule has 0 saturated heterocycles. The summed E-state index contributed by atoms with van der Waals surface area (Å²) in [6.07, 6.45) is 7.92. The van der Waals surface area contributed by atoms with Crippen LogP contribution in [0, 0.1) is 0 Å². The van der Waals surface area contributed by atoms with Crippen molar-refractivity contribution in [2.75, 3.05) is 0 Å². The number of fused-ring (bicyclic) bond motifs is 4. The number of allylic oxidation sites excluding steroid dienone is 4. The molecule has 0 amide bonds. The van der Waals surface area contributed by atoms with Crippen molar-refractivity contribution < 1.29 is 20.9 Å². The molecule has 1 aromatic heterocycles. The zero-order valence-electron chi connectivity index (χ0n) is 32.9. The number of rotatable bonds is 5. The van der Waals surface area contributed by atoms with Gasteiger partial charge in [0, 0.05) is 10.8 Å². The van der Waals surface area contributed by atoms with Crippen LogP contribution in [0.5, 0.6) is 0 Å². The Morgan fingerprint density at radius 2 is 1.41 bits per heavy atom. The second kappa shape index (κ2) is 9.45. The summed E-state index contributed by atoms with van der Waals surface area (Å²) in [6, 6.07) is 2.12. The molecule has 6 aromatic rings. The van der Waals surface area contributed by atoms with E-state index >= 15 is 0 Å². The normalized spacial score (nSPS) is 17.7. The molecule has 0 aliphatic heterocycles. The van der Waals surface area contributed by atoms with Gasteiger partial charge in [-0.3, -0.25) is 0 Å². The summed E-state index contributed by atoms with van der Waals surface area (Å²) in [5, 5.41) is 1.32. The third kappa shape index (κ3) is 3.62. The van der Waals surface area contributed by atoms with Gasteiger partial charge in [0.1, 0.15) is 11.2 Å². The molecule has 39 heavy (non-hydrogen) atoms. The van der Waals surface area contributed by atoms with Crippen LogP contribution in [0.3, 0.4) is 0 Å². The first-order chi connectivity index (χ1) is 24.3. The van der Waals surface area contributed by atoms with Crippen molar-refractivity contribution in [2.45, 2.75) is 12.8 Å². The monoisotopic (exact) mass is 512 g/mol. The third-order valence-electron chi connectivity index (χ3n) is 7.14. The summed E-state index contributed by atoms with van der Waals surface area (Å²) < 4.78 is 109. The van der Waals surface area contributed by atoms with Gasteiger partial charge < -0.3 is 4.42 Å². The lowest BCUT2D eigenvalue weighted by atomic mass is 9.79. The molecule has 1 aliphatic rings. The number of hydrogen-bond donors (Lipinski definition) is 0. The number of hydrogen-bond acceptors (Lipinski definition) is 1. The zero-order valence-corrected chi connectivity index (χ0v) is 20.9. The van der Waals surface area contributed by atoms with Crippen molar-refractivity contribution in [1.82, 2.24) is 0 Å². The summed E-state index contributed by atoms with van der Waals surface area (Å²) in [5.74, 6) is 0. The maximum absolute atomic E-state index is 9.25. The molecule has 1 aliphatic carbocycles. The predicted molar refractivity (Wildman–Crippen MR) is 168 cm³/mol. The molecule has 0 fully saturated rings. The Morgan fingerprint density at radius 3 is 2.21 bits per heavy atom. The highest BCUT2D eigenvalue weighted by Gasteiger charge is 2.24. The molecule has 0 saturated carbocycles. The molecule has 186 valence electrons. The smallest absolute Gasteiger partial charge is 0.136 e. The number of furan rings is 1. The zero-order chi connectivity index (χ0) is 36.8. The quantitative estimate of drug-likeness (QED) is 0.224. The average molecular weight is 513 g/mol. The minimum atomic E-state index is -0.517. The summed E-state index contributed by atoms with van der Waals surface area (Å²) in [7, 11) is 0. The van der Waals surface area contributed by atoms with Gasteiger partial charge in [0.15, 0.2) is 0 Å². The number of para-hydroxylation sites is 1. The van der Waals surface area contributed by atoms with E-state index in [1.54, 1.807) is 24.3 Å². The summed E-state index contributed by atoms with van der Waals surface area (Å²) in [5.41, 5.74) is 3.13. The largest absolute Gasteiger partial charge is 0.456 e. The van der Waals surface area contributed by atoms with Gasteiger partial charge in [0.2, 0.25) is 0 Å². The molecular weight excluding hydrogens is 472 g/mol. The van der Waals surface area contributed by atoms with Crippen LogP contribution in [0.15, 0.2) is 127 Å². The van der Waals surface area contributed by atoms with Crippen LogP contribution in [0.4, 0.5) is 0 Å². The van der Waals surface area contributed by atoms with Gasteiger partial charge in [0.25, 0.3) is 0 Å². The van der Waals surface area contributed by atoms with Gasteiger partial charge in [-0.25, -0.2) is 0 Å². The Bertz CT molecular complexity index is 2620. The Labute approximate surface area is 245 Å². The maximum Gasteiger partial charge on any atom is 0.136 e. The first-order valence-electron chi connectivity index (χ1n) is 18.5. The van der Waals surface area contributed by atoms with Gasteiger partial charge >= 0.3 is 0 Å².